The molecule has 0 saturated heterocycles. The topological polar surface area (TPSA) is 67.2 Å². The summed E-state index contributed by atoms with van der Waals surface area (Å²) in [6.07, 6.45) is 10.2. The number of rotatable bonds is 10. The van der Waals surface area contributed by atoms with Gasteiger partial charge in [0.15, 0.2) is 0 Å². The first-order valence-corrected chi connectivity index (χ1v) is 11.5. The molecule has 0 aliphatic heterocycles. The number of imidazole rings is 1. The number of fused-ring (bicyclic) bond motifs is 1. The van der Waals surface area contributed by atoms with Crippen molar-refractivity contribution in [1.82, 2.24) is 14.9 Å². The zero-order chi connectivity index (χ0) is 20.8. The first kappa shape index (κ1) is 21.8. The lowest BCUT2D eigenvalue weighted by Crippen LogP contribution is -2.37. The quantitative estimate of drug-likeness (QED) is 0.589. The van der Waals surface area contributed by atoms with Crippen molar-refractivity contribution in [2.45, 2.75) is 90.6 Å². The minimum absolute atomic E-state index is 0.0311. The summed E-state index contributed by atoms with van der Waals surface area (Å²) in [7, 11) is 0. The van der Waals surface area contributed by atoms with E-state index < -0.39 is 0 Å². The van der Waals surface area contributed by atoms with Gasteiger partial charge in [0, 0.05) is 18.0 Å². The number of nitrogens with zero attached hydrogens (tertiary/aromatic N) is 2. The largest absolute Gasteiger partial charge is 0.394 e. The van der Waals surface area contributed by atoms with Gasteiger partial charge in [-0.25, -0.2) is 4.98 Å². The third-order valence-electron chi connectivity index (χ3n) is 6.47. The average Bonchev–Trinajstić information content (AvgIpc) is 3.36. The van der Waals surface area contributed by atoms with Crippen molar-refractivity contribution in [3.05, 3.63) is 29.6 Å². The predicted molar refractivity (Wildman–Crippen MR) is 118 cm³/mol. The summed E-state index contributed by atoms with van der Waals surface area (Å²) in [5.41, 5.74) is 2.66. The number of benzene rings is 1. The van der Waals surface area contributed by atoms with Crippen LogP contribution < -0.4 is 5.32 Å². The summed E-state index contributed by atoms with van der Waals surface area (Å²) in [4.78, 5) is 17.7. The molecule has 1 heterocycles. The Kier molecular flexibility index (Phi) is 7.70. The van der Waals surface area contributed by atoms with Gasteiger partial charge in [-0.05, 0) is 43.4 Å². The van der Waals surface area contributed by atoms with Gasteiger partial charge >= 0.3 is 0 Å². The molecule has 1 saturated carbocycles. The third-order valence-corrected chi connectivity index (χ3v) is 6.47. The van der Waals surface area contributed by atoms with E-state index in [1.54, 1.807) is 0 Å². The highest BCUT2D eigenvalue weighted by Gasteiger charge is 2.23. The molecule has 1 amide bonds. The first-order chi connectivity index (χ1) is 14.1. The Labute approximate surface area is 174 Å². The van der Waals surface area contributed by atoms with Crippen molar-refractivity contribution >= 4 is 16.9 Å². The number of carbonyl (C=O) groups is 1. The summed E-state index contributed by atoms with van der Waals surface area (Å²) in [6.45, 7) is 6.50. The summed E-state index contributed by atoms with van der Waals surface area (Å²) in [5, 5.41) is 12.4. The van der Waals surface area contributed by atoms with Crippen LogP contribution in [0.25, 0.3) is 11.0 Å². The molecule has 1 fully saturated rings. The van der Waals surface area contributed by atoms with Gasteiger partial charge in [0.1, 0.15) is 5.82 Å². The molecular formula is C24H37N3O2. The Morgan fingerprint density at radius 3 is 2.59 bits per heavy atom. The second-order valence-electron chi connectivity index (χ2n) is 8.57. The van der Waals surface area contributed by atoms with Gasteiger partial charge < -0.3 is 15.0 Å². The summed E-state index contributed by atoms with van der Waals surface area (Å²) >= 11 is 0. The highest BCUT2D eigenvalue weighted by atomic mass is 16.3. The maximum atomic E-state index is 12.7. The van der Waals surface area contributed by atoms with Crippen LogP contribution in [0.3, 0.4) is 0 Å². The second kappa shape index (κ2) is 10.2. The third kappa shape index (κ3) is 5.00. The fourth-order valence-electron chi connectivity index (χ4n) is 4.79. The predicted octanol–water partition coefficient (Wildman–Crippen LogP) is 5.02. The van der Waals surface area contributed by atoms with Gasteiger partial charge in [-0.3, -0.25) is 4.79 Å². The number of carbonyl (C=O) groups excluding carboxylic acids is 1. The molecule has 1 aliphatic rings. The van der Waals surface area contributed by atoms with Gasteiger partial charge in [-0.15, -0.1) is 0 Å². The minimum atomic E-state index is -0.191. The fourth-order valence-corrected chi connectivity index (χ4v) is 4.79. The Bertz CT molecular complexity index is 804. The molecule has 2 aromatic rings. The van der Waals surface area contributed by atoms with Crippen LogP contribution >= 0.6 is 0 Å². The van der Waals surface area contributed by atoms with Gasteiger partial charge in [-0.1, -0.05) is 52.9 Å². The van der Waals surface area contributed by atoms with E-state index in [4.69, 9.17) is 4.98 Å². The van der Waals surface area contributed by atoms with Gasteiger partial charge in [0.05, 0.1) is 23.7 Å². The zero-order valence-electron chi connectivity index (χ0n) is 18.3. The summed E-state index contributed by atoms with van der Waals surface area (Å²) in [5.74, 6) is 1.79. The fraction of sp³-hybridized carbons (Fsp3) is 0.667. The number of nitrogens with one attached hydrogen (secondary N) is 1. The molecule has 1 aromatic heterocycles. The van der Waals surface area contributed by atoms with E-state index in [2.05, 4.69) is 36.7 Å². The molecule has 0 spiro atoms. The van der Waals surface area contributed by atoms with Gasteiger partial charge in [0.25, 0.3) is 5.91 Å². The van der Waals surface area contributed by atoms with Crippen LogP contribution in [0, 0.1) is 5.92 Å². The molecule has 0 radical (unpaired) electrons. The van der Waals surface area contributed by atoms with Crippen LogP contribution in [0.5, 0.6) is 0 Å². The summed E-state index contributed by atoms with van der Waals surface area (Å²) in [6, 6.07) is 6.13. The molecule has 160 valence electrons. The van der Waals surface area contributed by atoms with E-state index in [9.17, 15) is 9.90 Å². The Hall–Kier alpha value is -1.88. The van der Waals surface area contributed by atoms with Gasteiger partial charge in [-0.2, -0.15) is 0 Å². The molecule has 0 unspecified atom stereocenters. The number of hydrogen-bond acceptors (Lipinski definition) is 3. The molecule has 5 nitrogen and oxygen atoms in total. The van der Waals surface area contributed by atoms with E-state index in [0.717, 1.165) is 49.1 Å². The van der Waals surface area contributed by atoms with E-state index in [-0.39, 0.29) is 18.6 Å². The number of aliphatic hydroxyl groups excluding tert-OH is 1. The zero-order valence-corrected chi connectivity index (χ0v) is 18.3. The highest BCUT2D eigenvalue weighted by Crippen LogP contribution is 2.32. The molecule has 1 aliphatic carbocycles. The van der Waals surface area contributed by atoms with Crippen molar-refractivity contribution < 1.29 is 9.90 Å². The number of aromatic nitrogens is 2. The molecule has 1 aromatic carbocycles. The standard InChI is InChI=1S/C24H37N3O2/c1-4-9-19(16-28)25-24(29)18-12-13-22-21(15-18)26-23(14-17-10-7-8-11-17)27(22)20(5-2)6-3/h12-13,15,17,19-20,28H,4-11,14,16H2,1-3H3,(H,25,29)/t19-/m0/s1. The molecular weight excluding hydrogens is 362 g/mol. The number of hydrogen-bond donors (Lipinski definition) is 2. The SMILES string of the molecule is CCC[C@@H](CO)NC(=O)c1ccc2c(c1)nc(CC1CCCC1)n2C(CC)CC. The van der Waals surface area contributed by atoms with Crippen molar-refractivity contribution in [2.75, 3.05) is 6.61 Å². The Balaban J connectivity index is 1.92. The normalized spacial score (nSPS) is 16.0. The Morgan fingerprint density at radius 1 is 1.24 bits per heavy atom. The van der Waals surface area contributed by atoms with Gasteiger partial charge in [0.2, 0.25) is 0 Å². The van der Waals surface area contributed by atoms with Crippen molar-refractivity contribution in [2.24, 2.45) is 5.92 Å². The molecule has 1 atom stereocenters. The molecule has 5 heteroatoms. The van der Waals surface area contributed by atoms with Crippen molar-refractivity contribution in [1.29, 1.82) is 0 Å². The molecule has 0 bridgehead atoms. The van der Waals surface area contributed by atoms with Crippen molar-refractivity contribution in [3.8, 4) is 0 Å². The van der Waals surface area contributed by atoms with E-state index >= 15 is 0 Å². The maximum absolute atomic E-state index is 12.7. The lowest BCUT2D eigenvalue weighted by molar-refractivity contribution is 0.0913. The van der Waals surface area contributed by atoms with E-state index in [1.807, 2.05) is 12.1 Å². The summed E-state index contributed by atoms with van der Waals surface area (Å²) < 4.78 is 2.43. The van der Waals surface area contributed by atoms with Crippen LogP contribution in [-0.2, 0) is 6.42 Å². The lowest BCUT2D eigenvalue weighted by atomic mass is 10.0. The average molecular weight is 400 g/mol. The molecule has 29 heavy (non-hydrogen) atoms. The van der Waals surface area contributed by atoms with Crippen LogP contribution in [0.4, 0.5) is 0 Å². The minimum Gasteiger partial charge on any atom is -0.394 e. The van der Waals surface area contributed by atoms with Crippen LogP contribution in [0.1, 0.15) is 94.4 Å². The second-order valence-corrected chi connectivity index (χ2v) is 8.57. The number of amides is 1. The molecule has 2 N–H and O–H groups in total. The first-order valence-electron chi connectivity index (χ1n) is 11.5. The van der Waals surface area contributed by atoms with Crippen LogP contribution in [0.2, 0.25) is 0 Å². The smallest absolute Gasteiger partial charge is 0.251 e. The van der Waals surface area contributed by atoms with Crippen molar-refractivity contribution in [3.63, 3.8) is 0 Å². The molecule has 3 rings (SSSR count). The van der Waals surface area contributed by atoms with E-state index in [0.29, 0.717) is 11.6 Å². The highest BCUT2D eigenvalue weighted by molar-refractivity contribution is 5.97. The number of aliphatic hydroxyl groups is 1. The Morgan fingerprint density at radius 2 is 1.97 bits per heavy atom. The van der Waals surface area contributed by atoms with Crippen LogP contribution in [-0.4, -0.2) is 33.2 Å². The maximum Gasteiger partial charge on any atom is 0.251 e. The lowest BCUT2D eigenvalue weighted by Gasteiger charge is -2.20. The monoisotopic (exact) mass is 399 g/mol. The van der Waals surface area contributed by atoms with E-state index in [1.165, 1.54) is 31.5 Å². The van der Waals surface area contributed by atoms with Crippen LogP contribution in [0.15, 0.2) is 18.2 Å².